The molecule has 4 aromatic rings. The lowest BCUT2D eigenvalue weighted by molar-refractivity contribution is 0.0735. The van der Waals surface area contributed by atoms with Gasteiger partial charge in [0.2, 0.25) is 0 Å². The predicted octanol–water partition coefficient (Wildman–Crippen LogP) is 4.08. The van der Waals surface area contributed by atoms with Gasteiger partial charge in [0.05, 0.1) is 10.9 Å². The van der Waals surface area contributed by atoms with E-state index in [-0.39, 0.29) is 11.5 Å². The fraction of sp³-hybridized carbons (Fsp3) is 0.320. The Kier molecular flexibility index (Phi) is 5.64. The highest BCUT2D eigenvalue weighted by atomic mass is 32.1. The molecule has 1 aliphatic rings. The zero-order valence-electron chi connectivity index (χ0n) is 18.7. The lowest BCUT2D eigenvalue weighted by atomic mass is 10.0. The third kappa shape index (κ3) is 3.89. The molecule has 0 bridgehead atoms. The number of aromatic amines is 2. The molecule has 0 saturated heterocycles. The smallest absolute Gasteiger partial charge is 0.262 e. The van der Waals surface area contributed by atoms with Gasteiger partial charge in [-0.3, -0.25) is 14.2 Å². The molecule has 5 rings (SSSR count). The minimum absolute atomic E-state index is 0.0480. The second-order valence-corrected chi connectivity index (χ2v) is 8.99. The zero-order chi connectivity index (χ0) is 23.1. The number of nitrogens with one attached hydrogen (secondary N) is 2. The summed E-state index contributed by atoms with van der Waals surface area (Å²) in [5.41, 5.74) is 5.68. The van der Waals surface area contributed by atoms with Gasteiger partial charge in [-0.05, 0) is 55.9 Å². The maximum Gasteiger partial charge on any atom is 0.262 e. The topological polar surface area (TPSA) is 83.1 Å². The van der Waals surface area contributed by atoms with Crippen molar-refractivity contribution in [1.29, 1.82) is 0 Å². The largest absolute Gasteiger partial charge is 0.385 e. The summed E-state index contributed by atoms with van der Waals surface area (Å²) in [6.45, 7) is 4.33. The SMILES string of the molecule is COCCCn1c(=S)[nH]c2cc(C(=O)N3CCc4[nH]c5ccc(C)cc5c4C3)ccc2c1=O. The van der Waals surface area contributed by atoms with Crippen LogP contribution in [0.1, 0.15) is 33.6 Å². The van der Waals surface area contributed by atoms with E-state index in [1.807, 2.05) is 4.90 Å². The molecule has 7 nitrogen and oxygen atoms in total. The first kappa shape index (κ1) is 21.6. The van der Waals surface area contributed by atoms with Crippen LogP contribution in [0.2, 0.25) is 0 Å². The average molecular weight is 463 g/mol. The first-order chi connectivity index (χ1) is 16.0. The molecular weight excluding hydrogens is 436 g/mol. The molecule has 2 N–H and O–H groups in total. The van der Waals surface area contributed by atoms with E-state index in [1.54, 1.807) is 29.9 Å². The van der Waals surface area contributed by atoms with Gasteiger partial charge in [-0.2, -0.15) is 0 Å². The number of hydrogen-bond acceptors (Lipinski definition) is 4. The second kappa shape index (κ2) is 8.61. The maximum absolute atomic E-state index is 13.4. The molecule has 3 heterocycles. The van der Waals surface area contributed by atoms with E-state index in [0.29, 0.717) is 53.9 Å². The molecule has 0 aliphatic carbocycles. The standard InChI is InChI=1S/C25H26N4O3S/c1-15-4-7-20-18(12-15)19-14-28(10-8-21(19)26-20)23(30)16-5-6-17-22(13-16)27-25(33)29(24(17)31)9-3-11-32-2/h4-7,12-13,26H,3,8-11,14H2,1-2H3,(H,27,33). The summed E-state index contributed by atoms with van der Waals surface area (Å²) in [4.78, 5) is 34.8. The van der Waals surface area contributed by atoms with E-state index in [0.717, 1.165) is 11.9 Å². The summed E-state index contributed by atoms with van der Waals surface area (Å²) < 4.78 is 6.97. The van der Waals surface area contributed by atoms with Crippen molar-refractivity contribution in [3.05, 3.63) is 73.9 Å². The van der Waals surface area contributed by atoms with Crippen LogP contribution in [0.25, 0.3) is 21.8 Å². The molecule has 0 saturated carbocycles. The van der Waals surface area contributed by atoms with Crippen molar-refractivity contribution < 1.29 is 9.53 Å². The fourth-order valence-corrected chi connectivity index (χ4v) is 4.93. The van der Waals surface area contributed by atoms with Crippen LogP contribution in [-0.4, -0.2) is 45.6 Å². The molecule has 0 fully saturated rings. The third-order valence-electron chi connectivity index (χ3n) is 6.38. The Morgan fingerprint density at radius 1 is 1.12 bits per heavy atom. The van der Waals surface area contributed by atoms with Gasteiger partial charge in [0.1, 0.15) is 0 Å². The number of carbonyl (C=O) groups is 1. The molecule has 0 spiro atoms. The van der Waals surface area contributed by atoms with Gasteiger partial charge in [0.25, 0.3) is 11.5 Å². The number of amides is 1. The van der Waals surface area contributed by atoms with Crippen molar-refractivity contribution >= 4 is 39.9 Å². The fourth-order valence-electron chi connectivity index (χ4n) is 4.64. The van der Waals surface area contributed by atoms with Gasteiger partial charge >= 0.3 is 0 Å². The molecule has 1 aliphatic heterocycles. The summed E-state index contributed by atoms with van der Waals surface area (Å²) in [5, 5.41) is 1.70. The van der Waals surface area contributed by atoms with E-state index in [1.165, 1.54) is 22.2 Å². The maximum atomic E-state index is 13.4. The van der Waals surface area contributed by atoms with Crippen molar-refractivity contribution in [3.8, 4) is 0 Å². The molecule has 33 heavy (non-hydrogen) atoms. The van der Waals surface area contributed by atoms with Crippen LogP contribution in [0.3, 0.4) is 0 Å². The molecular formula is C25H26N4O3S. The van der Waals surface area contributed by atoms with Crippen molar-refractivity contribution in [1.82, 2.24) is 19.4 Å². The number of nitrogens with zero attached hydrogens (tertiary/aromatic N) is 2. The highest BCUT2D eigenvalue weighted by Gasteiger charge is 2.25. The number of hydrogen-bond donors (Lipinski definition) is 2. The predicted molar refractivity (Wildman–Crippen MR) is 131 cm³/mol. The van der Waals surface area contributed by atoms with Crippen LogP contribution in [0.5, 0.6) is 0 Å². The third-order valence-corrected chi connectivity index (χ3v) is 6.70. The summed E-state index contributed by atoms with van der Waals surface area (Å²) in [7, 11) is 1.63. The van der Waals surface area contributed by atoms with E-state index < -0.39 is 0 Å². The van der Waals surface area contributed by atoms with Crippen LogP contribution in [-0.2, 0) is 24.2 Å². The van der Waals surface area contributed by atoms with Crippen LogP contribution < -0.4 is 5.56 Å². The number of methoxy groups -OCH3 is 1. The molecule has 2 aromatic carbocycles. The van der Waals surface area contributed by atoms with Crippen molar-refractivity contribution in [3.63, 3.8) is 0 Å². The minimum Gasteiger partial charge on any atom is -0.385 e. The molecule has 170 valence electrons. The quantitative estimate of drug-likeness (QED) is 0.346. The Bertz CT molecular complexity index is 1500. The molecule has 0 atom stereocenters. The van der Waals surface area contributed by atoms with Crippen LogP contribution in [0.4, 0.5) is 0 Å². The number of ether oxygens (including phenoxy) is 1. The van der Waals surface area contributed by atoms with Crippen LogP contribution in [0.15, 0.2) is 41.2 Å². The number of carbonyl (C=O) groups excluding carboxylic acids is 1. The highest BCUT2D eigenvalue weighted by Crippen LogP contribution is 2.29. The summed E-state index contributed by atoms with van der Waals surface area (Å²) in [6, 6.07) is 11.6. The minimum atomic E-state index is -0.152. The molecule has 8 heteroatoms. The van der Waals surface area contributed by atoms with Gasteiger partial charge in [-0.1, -0.05) is 11.6 Å². The zero-order valence-corrected chi connectivity index (χ0v) is 19.6. The molecule has 0 unspecified atom stereocenters. The van der Waals surface area contributed by atoms with Gasteiger partial charge in [-0.15, -0.1) is 0 Å². The Balaban J connectivity index is 1.45. The number of rotatable bonds is 5. The van der Waals surface area contributed by atoms with Crippen LogP contribution >= 0.6 is 12.2 Å². The van der Waals surface area contributed by atoms with E-state index in [2.05, 4.69) is 35.1 Å². The lowest BCUT2D eigenvalue weighted by Crippen LogP contribution is -2.35. The second-order valence-electron chi connectivity index (χ2n) is 8.60. The first-order valence-corrected chi connectivity index (χ1v) is 11.5. The van der Waals surface area contributed by atoms with E-state index >= 15 is 0 Å². The molecule has 0 radical (unpaired) electrons. The monoisotopic (exact) mass is 462 g/mol. The highest BCUT2D eigenvalue weighted by molar-refractivity contribution is 7.71. The van der Waals surface area contributed by atoms with Gasteiger partial charge in [-0.25, -0.2) is 0 Å². The number of fused-ring (bicyclic) bond motifs is 4. The van der Waals surface area contributed by atoms with Crippen molar-refractivity contribution in [2.75, 3.05) is 20.3 Å². The first-order valence-electron chi connectivity index (χ1n) is 11.1. The molecule has 2 aromatic heterocycles. The normalized spacial score (nSPS) is 13.6. The Morgan fingerprint density at radius 2 is 1.97 bits per heavy atom. The van der Waals surface area contributed by atoms with Gasteiger partial charge in [0, 0.05) is 67.5 Å². The number of aryl methyl sites for hydroxylation is 1. The number of aromatic nitrogens is 3. The average Bonchev–Trinajstić information content (AvgIpc) is 3.17. The van der Waals surface area contributed by atoms with Gasteiger partial charge in [0.15, 0.2) is 4.77 Å². The van der Waals surface area contributed by atoms with Crippen LogP contribution in [0, 0.1) is 11.7 Å². The molecule has 1 amide bonds. The van der Waals surface area contributed by atoms with Crippen molar-refractivity contribution in [2.45, 2.75) is 32.9 Å². The summed E-state index contributed by atoms with van der Waals surface area (Å²) in [6.07, 6.45) is 1.48. The lowest BCUT2D eigenvalue weighted by Gasteiger charge is -2.27. The van der Waals surface area contributed by atoms with E-state index in [9.17, 15) is 9.59 Å². The summed E-state index contributed by atoms with van der Waals surface area (Å²) >= 11 is 5.41. The number of H-pyrrole nitrogens is 2. The Morgan fingerprint density at radius 3 is 2.79 bits per heavy atom. The van der Waals surface area contributed by atoms with Crippen molar-refractivity contribution in [2.24, 2.45) is 0 Å². The Hall–Kier alpha value is -3.23. The summed E-state index contributed by atoms with van der Waals surface area (Å²) in [5.74, 6) is -0.0480. The number of benzene rings is 2. The van der Waals surface area contributed by atoms with Gasteiger partial charge < -0.3 is 19.6 Å². The Labute approximate surface area is 196 Å². The van der Waals surface area contributed by atoms with E-state index in [4.69, 9.17) is 17.0 Å².